The van der Waals surface area contributed by atoms with Crippen molar-refractivity contribution >= 4 is 16.9 Å². The highest BCUT2D eigenvalue weighted by molar-refractivity contribution is 6.01. The van der Waals surface area contributed by atoms with Crippen LogP contribution in [-0.4, -0.2) is 25.6 Å². The molecule has 0 fully saturated rings. The van der Waals surface area contributed by atoms with Gasteiger partial charge in [-0.25, -0.2) is 9.59 Å². The largest absolute Gasteiger partial charge is 0.477 e. The number of hydrogen-bond acceptors (Lipinski definition) is 3. The molecule has 3 N–H and O–H groups in total. The highest BCUT2D eigenvalue weighted by Gasteiger charge is 2.33. The lowest BCUT2D eigenvalue weighted by Crippen LogP contribution is -2.22. The molecule has 0 aliphatic rings. The van der Waals surface area contributed by atoms with E-state index in [1.54, 1.807) is 0 Å². The number of aromatic nitrogens is 3. The Kier molecular flexibility index (Phi) is 3.74. The molecule has 2 aromatic heterocycles. The monoisotopic (exact) mass is 353 g/mol. The van der Waals surface area contributed by atoms with E-state index in [0.29, 0.717) is 0 Å². The molecule has 2 heterocycles. The van der Waals surface area contributed by atoms with E-state index >= 15 is 0 Å². The van der Waals surface area contributed by atoms with E-state index < -0.39 is 41.2 Å². The molecule has 0 unspecified atom stereocenters. The lowest BCUT2D eigenvalue weighted by atomic mass is 10.1. The van der Waals surface area contributed by atoms with E-state index in [-0.39, 0.29) is 16.5 Å². The first kappa shape index (κ1) is 16.6. The Morgan fingerprint density at radius 2 is 1.84 bits per heavy atom. The molecule has 0 aliphatic heterocycles. The van der Waals surface area contributed by atoms with Crippen molar-refractivity contribution in [2.75, 3.05) is 0 Å². The standard InChI is InChI=1S/C15H10F3N3O4/c16-15(17,18)8-4-2-1-3-7(8)5-21-6-9-10(11(21)13(23)24)12(22)20-14(25)19-9/h1-4,6H,5H2,(H,23,24)(H2,19,20,22,25). The summed E-state index contributed by atoms with van der Waals surface area (Å²) < 4.78 is 40.3. The van der Waals surface area contributed by atoms with Crippen LogP contribution in [0.1, 0.15) is 21.6 Å². The Balaban J connectivity index is 2.23. The smallest absolute Gasteiger partial charge is 0.416 e. The number of nitrogens with zero attached hydrogens (tertiary/aromatic N) is 1. The maximum absolute atomic E-state index is 13.1. The van der Waals surface area contributed by atoms with Gasteiger partial charge in [0.05, 0.1) is 16.5 Å². The highest BCUT2D eigenvalue weighted by Crippen LogP contribution is 2.32. The van der Waals surface area contributed by atoms with Crippen molar-refractivity contribution in [3.8, 4) is 0 Å². The van der Waals surface area contributed by atoms with E-state index in [1.165, 1.54) is 18.2 Å². The second-order valence-electron chi connectivity index (χ2n) is 5.26. The Morgan fingerprint density at radius 3 is 2.48 bits per heavy atom. The molecule has 0 aliphatic carbocycles. The highest BCUT2D eigenvalue weighted by atomic mass is 19.4. The van der Waals surface area contributed by atoms with E-state index in [1.807, 2.05) is 4.98 Å². The van der Waals surface area contributed by atoms with Crippen molar-refractivity contribution in [2.45, 2.75) is 12.7 Å². The molecule has 130 valence electrons. The van der Waals surface area contributed by atoms with Gasteiger partial charge in [-0.3, -0.25) is 9.78 Å². The van der Waals surface area contributed by atoms with Crippen molar-refractivity contribution in [1.82, 2.24) is 14.5 Å². The lowest BCUT2D eigenvalue weighted by Gasteiger charge is -2.14. The number of halogens is 3. The minimum absolute atomic E-state index is 0.0735. The Labute approximate surface area is 136 Å². The van der Waals surface area contributed by atoms with Crippen LogP contribution in [-0.2, 0) is 12.7 Å². The van der Waals surface area contributed by atoms with Gasteiger partial charge in [-0.1, -0.05) is 18.2 Å². The molecule has 3 aromatic rings. The van der Waals surface area contributed by atoms with Gasteiger partial charge < -0.3 is 14.7 Å². The van der Waals surface area contributed by atoms with E-state index in [2.05, 4.69) is 4.98 Å². The van der Waals surface area contributed by atoms with Crippen LogP contribution in [0, 0.1) is 0 Å². The molecule has 7 nitrogen and oxygen atoms in total. The van der Waals surface area contributed by atoms with Crippen molar-refractivity contribution in [3.05, 3.63) is 68.1 Å². The van der Waals surface area contributed by atoms with Gasteiger partial charge in [-0.05, 0) is 11.6 Å². The third kappa shape index (κ3) is 2.93. The molecule has 1 aromatic carbocycles. The summed E-state index contributed by atoms with van der Waals surface area (Å²) in [7, 11) is 0. The molecule has 25 heavy (non-hydrogen) atoms. The Morgan fingerprint density at radius 1 is 1.16 bits per heavy atom. The Hall–Kier alpha value is -3.30. The molecule has 0 saturated heterocycles. The molecule has 3 rings (SSSR count). The van der Waals surface area contributed by atoms with Gasteiger partial charge in [0, 0.05) is 12.7 Å². The molecule has 10 heteroatoms. The summed E-state index contributed by atoms with van der Waals surface area (Å²) in [5.41, 5.74) is -3.44. The quantitative estimate of drug-likeness (QED) is 0.667. The van der Waals surface area contributed by atoms with Gasteiger partial charge in [-0.2, -0.15) is 13.2 Å². The molecule has 0 amide bonds. The van der Waals surface area contributed by atoms with Gasteiger partial charge in [0.15, 0.2) is 0 Å². The number of fused-ring (bicyclic) bond motifs is 1. The number of aromatic carboxylic acids is 1. The summed E-state index contributed by atoms with van der Waals surface area (Å²) in [6, 6.07) is 4.71. The predicted molar refractivity (Wildman–Crippen MR) is 80.7 cm³/mol. The van der Waals surface area contributed by atoms with Gasteiger partial charge in [0.25, 0.3) is 5.56 Å². The zero-order valence-electron chi connectivity index (χ0n) is 12.3. The van der Waals surface area contributed by atoms with Crippen LogP contribution >= 0.6 is 0 Å². The molecule has 0 radical (unpaired) electrons. The fourth-order valence-electron chi connectivity index (χ4n) is 2.67. The zero-order valence-corrected chi connectivity index (χ0v) is 12.3. The van der Waals surface area contributed by atoms with Crippen LogP contribution in [0.2, 0.25) is 0 Å². The fraction of sp³-hybridized carbons (Fsp3) is 0.133. The van der Waals surface area contributed by atoms with Crippen molar-refractivity contribution < 1.29 is 23.1 Å². The normalized spacial score (nSPS) is 11.8. The van der Waals surface area contributed by atoms with Crippen molar-refractivity contribution in [2.24, 2.45) is 0 Å². The van der Waals surface area contributed by atoms with Gasteiger partial charge in [0.2, 0.25) is 0 Å². The molecule has 0 bridgehead atoms. The van der Waals surface area contributed by atoms with E-state index in [0.717, 1.165) is 16.8 Å². The summed E-state index contributed by atoms with van der Waals surface area (Å²) in [6.07, 6.45) is -3.49. The molecular weight excluding hydrogens is 343 g/mol. The third-order valence-electron chi connectivity index (χ3n) is 3.65. The van der Waals surface area contributed by atoms with Gasteiger partial charge in [0.1, 0.15) is 5.69 Å². The summed E-state index contributed by atoms with van der Waals surface area (Å²) in [6.45, 7) is -0.437. The first-order valence-corrected chi connectivity index (χ1v) is 6.92. The number of benzene rings is 1. The van der Waals surface area contributed by atoms with E-state index in [9.17, 15) is 32.7 Å². The number of carboxylic acids is 1. The molecule has 0 atom stereocenters. The van der Waals surface area contributed by atoms with Crippen molar-refractivity contribution in [1.29, 1.82) is 0 Å². The summed E-state index contributed by atoms with van der Waals surface area (Å²) in [5.74, 6) is -1.50. The first-order chi connectivity index (χ1) is 11.7. The van der Waals surface area contributed by atoms with Crippen LogP contribution < -0.4 is 11.2 Å². The maximum atomic E-state index is 13.1. The number of carboxylic acid groups (broad SMARTS) is 1. The number of hydrogen-bond donors (Lipinski definition) is 3. The molecule has 0 saturated carbocycles. The lowest BCUT2D eigenvalue weighted by molar-refractivity contribution is -0.138. The zero-order chi connectivity index (χ0) is 18.4. The summed E-state index contributed by atoms with van der Waals surface area (Å²) in [5, 5.41) is 9.06. The van der Waals surface area contributed by atoms with Gasteiger partial charge in [-0.15, -0.1) is 0 Å². The summed E-state index contributed by atoms with van der Waals surface area (Å²) in [4.78, 5) is 38.9. The maximum Gasteiger partial charge on any atom is 0.416 e. The molecule has 0 spiro atoms. The van der Waals surface area contributed by atoms with Crippen LogP contribution in [0.4, 0.5) is 13.2 Å². The third-order valence-corrected chi connectivity index (χ3v) is 3.65. The van der Waals surface area contributed by atoms with Crippen LogP contribution in [0.25, 0.3) is 10.9 Å². The number of alkyl halides is 3. The van der Waals surface area contributed by atoms with Crippen molar-refractivity contribution in [3.63, 3.8) is 0 Å². The van der Waals surface area contributed by atoms with Crippen LogP contribution in [0.5, 0.6) is 0 Å². The SMILES string of the molecule is O=C(O)c1c2c(=O)[nH]c(=O)[nH]c2cn1Cc1ccccc1C(F)(F)F. The predicted octanol–water partition coefficient (Wildman–Crippen LogP) is 1.78. The number of H-pyrrole nitrogens is 2. The Bertz CT molecular complexity index is 1090. The second-order valence-corrected chi connectivity index (χ2v) is 5.26. The van der Waals surface area contributed by atoms with Gasteiger partial charge >= 0.3 is 17.8 Å². The van der Waals surface area contributed by atoms with Crippen LogP contribution in [0.3, 0.4) is 0 Å². The minimum Gasteiger partial charge on any atom is -0.477 e. The topological polar surface area (TPSA) is 108 Å². The number of nitrogens with one attached hydrogen (secondary N) is 2. The average Bonchev–Trinajstić information content (AvgIpc) is 2.85. The first-order valence-electron chi connectivity index (χ1n) is 6.92. The average molecular weight is 353 g/mol. The van der Waals surface area contributed by atoms with Crippen LogP contribution in [0.15, 0.2) is 40.1 Å². The summed E-state index contributed by atoms with van der Waals surface area (Å²) >= 11 is 0. The fourth-order valence-corrected chi connectivity index (χ4v) is 2.67. The minimum atomic E-state index is -4.61. The molecular formula is C15H10F3N3O4. The second kappa shape index (κ2) is 5.65. The van der Waals surface area contributed by atoms with E-state index in [4.69, 9.17) is 0 Å². The number of aromatic amines is 2. The number of carbonyl (C=O) groups is 1. The number of rotatable bonds is 3.